The first-order valence-corrected chi connectivity index (χ1v) is 12.3. The number of anilines is 1. The number of rotatable bonds is 6. The van der Waals surface area contributed by atoms with E-state index in [1.165, 1.54) is 12.1 Å². The van der Waals surface area contributed by atoms with Crippen LogP contribution in [0.2, 0.25) is 5.02 Å². The zero-order valence-corrected chi connectivity index (χ0v) is 20.4. The van der Waals surface area contributed by atoms with E-state index in [2.05, 4.69) is 51.4 Å². The summed E-state index contributed by atoms with van der Waals surface area (Å²) in [5, 5.41) is 12.3. The van der Waals surface area contributed by atoms with Crippen molar-refractivity contribution in [3.63, 3.8) is 0 Å². The Kier molecular flexibility index (Phi) is 5.87. The van der Waals surface area contributed by atoms with Gasteiger partial charge in [-0.1, -0.05) is 30.9 Å². The van der Waals surface area contributed by atoms with Gasteiger partial charge in [-0.3, -0.25) is 9.58 Å². The number of nitrogens with zero attached hydrogens (tertiary/aromatic N) is 3. The highest BCUT2D eigenvalue weighted by molar-refractivity contribution is 6.35. The molecule has 0 saturated heterocycles. The van der Waals surface area contributed by atoms with E-state index in [-0.39, 0.29) is 6.03 Å². The van der Waals surface area contributed by atoms with Crippen LogP contribution < -0.4 is 10.6 Å². The van der Waals surface area contributed by atoms with Crippen LogP contribution in [0.3, 0.4) is 0 Å². The Morgan fingerprint density at radius 1 is 1.21 bits per heavy atom. The van der Waals surface area contributed by atoms with Gasteiger partial charge in [-0.25, -0.2) is 4.79 Å². The molecule has 0 bridgehead atoms. The van der Waals surface area contributed by atoms with E-state index in [0.29, 0.717) is 17.3 Å². The van der Waals surface area contributed by atoms with Crippen LogP contribution in [0.5, 0.6) is 0 Å². The summed E-state index contributed by atoms with van der Waals surface area (Å²) in [5.41, 5.74) is 4.42. The van der Waals surface area contributed by atoms with Gasteiger partial charge in [0.25, 0.3) is 0 Å². The second kappa shape index (κ2) is 8.69. The third-order valence-corrected chi connectivity index (χ3v) is 7.32. The molecule has 2 aliphatic rings. The van der Waals surface area contributed by atoms with Crippen LogP contribution >= 0.6 is 11.6 Å². The minimum Gasteiger partial charge on any atom is -0.459 e. The second-order valence-corrected chi connectivity index (χ2v) is 10.1. The highest BCUT2D eigenvalue weighted by Gasteiger charge is 2.43. The molecule has 1 aromatic carbocycles. The number of carbonyl (C=O) groups excluding carboxylic acids is 1. The van der Waals surface area contributed by atoms with Crippen molar-refractivity contribution in [1.82, 2.24) is 20.0 Å². The highest BCUT2D eigenvalue weighted by Crippen LogP contribution is 2.49. The number of fused-ring (bicyclic) bond motifs is 4. The first-order chi connectivity index (χ1) is 15.8. The molecule has 2 aromatic heterocycles. The van der Waals surface area contributed by atoms with Gasteiger partial charge < -0.3 is 15.1 Å². The average molecular weight is 470 g/mol. The monoisotopic (exact) mass is 469 g/mol. The molecule has 0 atom stereocenters. The van der Waals surface area contributed by atoms with Crippen LogP contribution in [0.25, 0.3) is 11.0 Å². The van der Waals surface area contributed by atoms with Crippen LogP contribution in [0.4, 0.5) is 10.5 Å². The fourth-order valence-corrected chi connectivity index (χ4v) is 5.81. The number of amides is 2. The zero-order valence-electron chi connectivity index (χ0n) is 19.6. The molecular weight excluding hydrogens is 438 g/mol. The predicted molar refractivity (Wildman–Crippen MR) is 131 cm³/mol. The lowest BCUT2D eigenvalue weighted by molar-refractivity contribution is 0.208. The molecule has 0 radical (unpaired) electrons. The molecule has 3 heterocycles. The summed E-state index contributed by atoms with van der Waals surface area (Å²) < 4.78 is 8.51. The maximum absolute atomic E-state index is 12.4. The molecule has 2 N–H and O–H groups in total. The summed E-state index contributed by atoms with van der Waals surface area (Å²) in [6, 6.07) is 5.93. The quantitative estimate of drug-likeness (QED) is 0.484. The summed E-state index contributed by atoms with van der Waals surface area (Å²) in [6.45, 7) is 6.68. The molecule has 3 aromatic rings. The summed E-state index contributed by atoms with van der Waals surface area (Å²) in [7, 11) is 2.11. The Balaban J connectivity index is 1.37. The molecule has 1 aliphatic heterocycles. The maximum atomic E-state index is 12.4. The van der Waals surface area contributed by atoms with Crippen molar-refractivity contribution in [3.05, 3.63) is 45.9 Å². The summed E-state index contributed by atoms with van der Waals surface area (Å²) in [5.74, 6) is 0.908. The Labute approximate surface area is 199 Å². The number of urea groups is 1. The lowest BCUT2D eigenvalue weighted by Gasteiger charge is -2.42. The maximum Gasteiger partial charge on any atom is 0.319 e. The van der Waals surface area contributed by atoms with Gasteiger partial charge in [0.2, 0.25) is 0 Å². The van der Waals surface area contributed by atoms with Crippen molar-refractivity contribution < 1.29 is 9.21 Å². The van der Waals surface area contributed by atoms with Gasteiger partial charge in [-0.15, -0.1) is 0 Å². The van der Waals surface area contributed by atoms with Gasteiger partial charge >= 0.3 is 6.03 Å². The van der Waals surface area contributed by atoms with Crippen molar-refractivity contribution in [2.24, 2.45) is 0 Å². The molecule has 0 unspecified atom stereocenters. The minimum atomic E-state index is -0.403. The molecule has 33 heavy (non-hydrogen) atoms. The molecule has 176 valence electrons. The first-order valence-electron chi connectivity index (χ1n) is 11.9. The smallest absolute Gasteiger partial charge is 0.319 e. The van der Waals surface area contributed by atoms with E-state index in [1.807, 2.05) is 13.0 Å². The lowest BCUT2D eigenvalue weighted by Crippen LogP contribution is -2.52. The topological polar surface area (TPSA) is 75.3 Å². The second-order valence-electron chi connectivity index (χ2n) is 9.70. The van der Waals surface area contributed by atoms with E-state index in [1.54, 1.807) is 0 Å². The van der Waals surface area contributed by atoms with Crippen molar-refractivity contribution in [2.75, 3.05) is 18.9 Å². The normalized spacial score (nSPS) is 17.4. The molecule has 7 nitrogen and oxygen atoms in total. The zero-order chi connectivity index (χ0) is 23.2. The fraction of sp³-hybridized carbons (Fsp3) is 0.520. The highest BCUT2D eigenvalue weighted by atomic mass is 35.5. The van der Waals surface area contributed by atoms with Crippen molar-refractivity contribution in [1.29, 1.82) is 0 Å². The Hall–Kier alpha value is -2.51. The van der Waals surface area contributed by atoms with E-state index in [4.69, 9.17) is 16.0 Å². The third-order valence-electron chi connectivity index (χ3n) is 7.03. The molecule has 1 spiro atoms. The molecule has 1 saturated carbocycles. The third kappa shape index (κ3) is 4.24. The molecule has 1 fully saturated rings. The van der Waals surface area contributed by atoms with Crippen molar-refractivity contribution in [3.8, 4) is 0 Å². The van der Waals surface area contributed by atoms with E-state index in [0.717, 1.165) is 73.2 Å². The van der Waals surface area contributed by atoms with Crippen molar-refractivity contribution in [2.45, 2.75) is 71.0 Å². The number of aromatic nitrogens is 2. The molecule has 1 aliphatic carbocycles. The number of halogens is 1. The van der Waals surface area contributed by atoms with Crippen LogP contribution in [0.15, 0.2) is 22.6 Å². The Morgan fingerprint density at radius 2 is 2.00 bits per heavy atom. The number of aryl methyl sites for hydroxylation is 3. The standard InChI is InChI=1S/C25H32ClN5O2/c1-16-12-17(2)31(29-16)11-7-10-30(3)15-19-13-18-14-20(26)22-21(23(18)33-19)25(28-24(32)27-22)8-5-4-6-9-25/h12-14H,4-11,15H2,1-3H3,(H2,27,28,32). The van der Waals surface area contributed by atoms with Crippen LogP contribution in [0, 0.1) is 13.8 Å². The van der Waals surface area contributed by atoms with Gasteiger partial charge in [0.15, 0.2) is 0 Å². The number of carbonyl (C=O) groups is 1. The summed E-state index contributed by atoms with van der Waals surface area (Å²) >= 11 is 6.64. The van der Waals surface area contributed by atoms with Crippen LogP contribution in [-0.4, -0.2) is 34.3 Å². The minimum absolute atomic E-state index is 0.181. The number of hydrogen-bond donors (Lipinski definition) is 2. The lowest BCUT2D eigenvalue weighted by atomic mass is 9.74. The molecule has 5 rings (SSSR count). The number of benzene rings is 1. The van der Waals surface area contributed by atoms with Gasteiger partial charge in [0, 0.05) is 29.7 Å². The van der Waals surface area contributed by atoms with Gasteiger partial charge in [-0.2, -0.15) is 5.10 Å². The SMILES string of the molecule is Cc1cc(C)n(CCCN(C)Cc2cc3cc(Cl)c4c(c3o2)C2(CCCCC2)NC(=O)N4)n1. The molecule has 2 amide bonds. The van der Waals surface area contributed by atoms with E-state index in [9.17, 15) is 4.79 Å². The van der Waals surface area contributed by atoms with Crippen LogP contribution in [0.1, 0.15) is 61.2 Å². The Bertz CT molecular complexity index is 1190. The van der Waals surface area contributed by atoms with Gasteiger partial charge in [0.05, 0.1) is 28.5 Å². The van der Waals surface area contributed by atoms with E-state index >= 15 is 0 Å². The van der Waals surface area contributed by atoms with Gasteiger partial charge in [0.1, 0.15) is 11.3 Å². The number of hydrogen-bond acceptors (Lipinski definition) is 4. The predicted octanol–water partition coefficient (Wildman–Crippen LogP) is 5.72. The molecule has 8 heteroatoms. The van der Waals surface area contributed by atoms with E-state index < -0.39 is 5.54 Å². The summed E-state index contributed by atoms with van der Waals surface area (Å²) in [4.78, 5) is 14.7. The largest absolute Gasteiger partial charge is 0.459 e. The molecular formula is C25H32ClN5O2. The Morgan fingerprint density at radius 3 is 2.73 bits per heavy atom. The van der Waals surface area contributed by atoms with Gasteiger partial charge in [-0.05, 0) is 58.4 Å². The fourth-order valence-electron chi connectivity index (χ4n) is 5.55. The van der Waals surface area contributed by atoms with Crippen LogP contribution in [-0.2, 0) is 18.6 Å². The number of furan rings is 1. The first kappa shape index (κ1) is 22.3. The average Bonchev–Trinajstić information content (AvgIpc) is 3.29. The van der Waals surface area contributed by atoms with Crippen molar-refractivity contribution >= 4 is 34.3 Å². The number of nitrogens with one attached hydrogen (secondary N) is 2. The summed E-state index contributed by atoms with van der Waals surface area (Å²) in [6.07, 6.45) is 6.18.